The summed E-state index contributed by atoms with van der Waals surface area (Å²) in [5, 5.41) is 0. The van der Waals surface area contributed by atoms with Gasteiger partial charge < -0.3 is 18.9 Å². The molecule has 1 atom stereocenters. The Balaban J connectivity index is 1.56. The molecule has 1 saturated heterocycles. The molecule has 2 aromatic carbocycles. The van der Waals surface area contributed by atoms with Gasteiger partial charge >= 0.3 is 11.8 Å². The molecule has 3 heterocycles. The van der Waals surface area contributed by atoms with Crippen molar-refractivity contribution in [1.82, 2.24) is 0 Å². The molecule has 5 rings (SSSR count). The molecule has 0 bridgehead atoms. The Kier molecular flexibility index (Phi) is 2.72. The van der Waals surface area contributed by atoms with E-state index in [-0.39, 0.29) is 19.1 Å². The molecule has 2 aromatic rings. The lowest BCUT2D eigenvalue weighted by molar-refractivity contribution is -0.162. The number of alkyl halides is 2. The first-order chi connectivity index (χ1) is 12.1. The second kappa shape index (κ2) is 4.75. The van der Waals surface area contributed by atoms with Crippen LogP contribution < -0.4 is 23.8 Å². The second-order valence-electron chi connectivity index (χ2n) is 5.85. The number of hydrogen-bond acceptors (Lipinski definition) is 5. The van der Waals surface area contributed by atoms with Gasteiger partial charge in [0.15, 0.2) is 23.0 Å². The van der Waals surface area contributed by atoms with Gasteiger partial charge in [-0.1, -0.05) is 6.07 Å². The number of hydrogen-bond donors (Lipinski definition) is 0. The molecule has 1 fully saturated rings. The Morgan fingerprint density at radius 2 is 1.48 bits per heavy atom. The van der Waals surface area contributed by atoms with Crippen LogP contribution in [-0.4, -0.2) is 25.4 Å². The van der Waals surface area contributed by atoms with E-state index in [2.05, 4.69) is 0 Å². The molecule has 25 heavy (non-hydrogen) atoms. The topological polar surface area (TPSA) is 57.2 Å². The number of benzene rings is 2. The minimum atomic E-state index is -3.50. The zero-order valence-electron chi connectivity index (χ0n) is 12.7. The fourth-order valence-corrected chi connectivity index (χ4v) is 3.23. The van der Waals surface area contributed by atoms with Gasteiger partial charge in [-0.05, 0) is 29.8 Å². The van der Waals surface area contributed by atoms with Crippen LogP contribution in [-0.2, 0) is 4.79 Å². The van der Waals surface area contributed by atoms with Crippen LogP contribution in [0, 0.1) is 0 Å². The van der Waals surface area contributed by atoms with Crippen molar-refractivity contribution in [2.24, 2.45) is 0 Å². The van der Waals surface area contributed by atoms with Gasteiger partial charge in [-0.2, -0.15) is 8.78 Å². The third-order valence-electron chi connectivity index (χ3n) is 4.45. The van der Waals surface area contributed by atoms with Gasteiger partial charge in [0.2, 0.25) is 13.6 Å². The normalized spacial score (nSPS) is 22.1. The highest BCUT2D eigenvalue weighted by Crippen LogP contribution is 2.52. The number of carbonyl (C=O) groups excluding carboxylic acids is 1. The van der Waals surface area contributed by atoms with Gasteiger partial charge in [0.05, 0.1) is 0 Å². The molecule has 1 amide bonds. The summed E-state index contributed by atoms with van der Waals surface area (Å²) in [6, 6.07) is 7.81. The largest absolute Gasteiger partial charge is 0.454 e. The van der Waals surface area contributed by atoms with E-state index in [1.807, 2.05) is 0 Å². The molecule has 3 aliphatic rings. The summed E-state index contributed by atoms with van der Waals surface area (Å²) in [6.45, 7) is 0.110. The van der Waals surface area contributed by atoms with Crippen LogP contribution in [0.25, 0.3) is 0 Å². The third-order valence-corrected chi connectivity index (χ3v) is 4.45. The molecule has 0 saturated carbocycles. The van der Waals surface area contributed by atoms with Gasteiger partial charge in [0.1, 0.15) is 6.04 Å². The quantitative estimate of drug-likeness (QED) is 0.782. The summed E-state index contributed by atoms with van der Waals surface area (Å²) >= 11 is 0. The molecule has 8 heteroatoms. The van der Waals surface area contributed by atoms with Crippen molar-refractivity contribution in [3.05, 3.63) is 42.0 Å². The number of ether oxygens (including phenoxy) is 4. The lowest BCUT2D eigenvalue weighted by Gasteiger charge is -2.46. The number of β-lactam (4-membered cyclic amide) rings is 1. The first-order valence-electron chi connectivity index (χ1n) is 7.56. The molecule has 0 spiro atoms. The van der Waals surface area contributed by atoms with Crippen molar-refractivity contribution in [1.29, 1.82) is 0 Å². The second-order valence-corrected chi connectivity index (χ2v) is 5.85. The van der Waals surface area contributed by atoms with Gasteiger partial charge in [-0.15, -0.1) is 0 Å². The molecule has 3 aliphatic heterocycles. The van der Waals surface area contributed by atoms with Crippen molar-refractivity contribution in [2.75, 3.05) is 18.5 Å². The van der Waals surface area contributed by atoms with Gasteiger partial charge in [0.25, 0.3) is 0 Å². The average molecular weight is 347 g/mol. The van der Waals surface area contributed by atoms with Gasteiger partial charge in [0, 0.05) is 11.8 Å². The molecule has 128 valence electrons. The maximum atomic E-state index is 14.3. The van der Waals surface area contributed by atoms with Crippen LogP contribution in [0.4, 0.5) is 14.5 Å². The number of anilines is 1. The maximum Gasteiger partial charge on any atom is 0.349 e. The summed E-state index contributed by atoms with van der Waals surface area (Å²) < 4.78 is 49.6. The molecule has 0 aliphatic carbocycles. The van der Waals surface area contributed by atoms with Crippen LogP contribution in [0.15, 0.2) is 36.4 Å². The van der Waals surface area contributed by atoms with Crippen molar-refractivity contribution in [3.63, 3.8) is 0 Å². The molecule has 0 aromatic heterocycles. The van der Waals surface area contributed by atoms with E-state index < -0.39 is 17.9 Å². The summed E-state index contributed by atoms with van der Waals surface area (Å²) in [6.07, 6.45) is 0. The third kappa shape index (κ3) is 1.90. The van der Waals surface area contributed by atoms with Gasteiger partial charge in [-0.3, -0.25) is 9.69 Å². The highest BCUT2D eigenvalue weighted by molar-refractivity contribution is 6.07. The predicted molar refractivity (Wildman–Crippen MR) is 80.3 cm³/mol. The standard InChI is InChI=1S/C17H11F2NO5/c18-17(19)15(9-1-3-11-13(5-9)24-7-22-11)20(16(17)21)10-2-4-12-14(6-10)25-8-23-12/h1-6,15H,7-8H2/t15-/m0/s1. The Hall–Kier alpha value is -3.03. The number of fused-ring (bicyclic) bond motifs is 2. The number of rotatable bonds is 2. The SMILES string of the molecule is O=C1N(c2ccc3c(c2)OCO3)[C@@H](c2ccc3c(c2)OCO3)C1(F)F. The molecular weight excluding hydrogens is 336 g/mol. The van der Waals surface area contributed by atoms with E-state index >= 15 is 0 Å². The molecular formula is C17H11F2NO5. The van der Waals surface area contributed by atoms with E-state index in [0.29, 0.717) is 28.7 Å². The van der Waals surface area contributed by atoms with E-state index in [9.17, 15) is 13.6 Å². The highest BCUT2D eigenvalue weighted by Gasteiger charge is 2.64. The maximum absolute atomic E-state index is 14.3. The smallest absolute Gasteiger partial charge is 0.349 e. The lowest BCUT2D eigenvalue weighted by Crippen LogP contribution is -2.64. The zero-order valence-corrected chi connectivity index (χ0v) is 12.7. The zero-order chi connectivity index (χ0) is 17.2. The number of carbonyl (C=O) groups is 1. The summed E-state index contributed by atoms with van der Waals surface area (Å²) in [5.41, 5.74) is 0.592. The molecule has 0 unspecified atom stereocenters. The first-order valence-corrected chi connectivity index (χ1v) is 7.56. The van der Waals surface area contributed by atoms with Crippen molar-refractivity contribution >= 4 is 11.6 Å². The Morgan fingerprint density at radius 1 is 0.880 bits per heavy atom. The molecule has 6 nitrogen and oxygen atoms in total. The van der Waals surface area contributed by atoms with E-state index in [4.69, 9.17) is 18.9 Å². The van der Waals surface area contributed by atoms with Crippen LogP contribution in [0.3, 0.4) is 0 Å². The molecule has 0 radical (unpaired) electrons. The Bertz CT molecular complexity index is 901. The van der Waals surface area contributed by atoms with Crippen LogP contribution >= 0.6 is 0 Å². The predicted octanol–water partition coefficient (Wildman–Crippen LogP) is 2.87. The number of amides is 1. The molecule has 0 N–H and O–H groups in total. The lowest BCUT2D eigenvalue weighted by atomic mass is 9.88. The fourth-order valence-electron chi connectivity index (χ4n) is 3.23. The fraction of sp³-hybridized carbons (Fsp3) is 0.235. The first kappa shape index (κ1) is 14.3. The van der Waals surface area contributed by atoms with E-state index in [1.54, 1.807) is 18.2 Å². The van der Waals surface area contributed by atoms with Crippen molar-refractivity contribution in [3.8, 4) is 23.0 Å². The summed E-state index contributed by atoms with van der Waals surface area (Å²) in [7, 11) is 0. The van der Waals surface area contributed by atoms with Crippen molar-refractivity contribution in [2.45, 2.75) is 12.0 Å². The Labute approximate surface area is 140 Å². The number of halogens is 2. The Morgan fingerprint density at radius 3 is 2.20 bits per heavy atom. The van der Waals surface area contributed by atoms with Crippen LogP contribution in [0.2, 0.25) is 0 Å². The monoisotopic (exact) mass is 347 g/mol. The summed E-state index contributed by atoms with van der Waals surface area (Å²) in [4.78, 5) is 13.1. The summed E-state index contributed by atoms with van der Waals surface area (Å²) in [5.74, 6) is -2.93. The van der Waals surface area contributed by atoms with Crippen molar-refractivity contribution < 1.29 is 32.5 Å². The van der Waals surface area contributed by atoms with E-state index in [1.165, 1.54) is 18.2 Å². The number of nitrogens with zero attached hydrogens (tertiary/aromatic N) is 1. The average Bonchev–Trinajstić information content (AvgIpc) is 3.26. The minimum Gasteiger partial charge on any atom is -0.454 e. The highest BCUT2D eigenvalue weighted by atomic mass is 19.3. The van der Waals surface area contributed by atoms with Crippen LogP contribution in [0.1, 0.15) is 11.6 Å². The minimum absolute atomic E-state index is 0.0463. The van der Waals surface area contributed by atoms with E-state index in [0.717, 1.165) is 4.90 Å². The van der Waals surface area contributed by atoms with Crippen LogP contribution in [0.5, 0.6) is 23.0 Å². The van der Waals surface area contributed by atoms with Gasteiger partial charge in [-0.25, -0.2) is 0 Å².